The van der Waals surface area contributed by atoms with Gasteiger partial charge in [-0.3, -0.25) is 18.7 Å². The maximum atomic E-state index is 11.2. The molecule has 4 aromatic heterocycles. The predicted molar refractivity (Wildman–Crippen MR) is 145 cm³/mol. The zero-order valence-electron chi connectivity index (χ0n) is 19.6. The standard InChI is InChI=1S/C10H11Cl2N3.C10H13N3O2.Cl3OP/c1-5(2)15-10-7(11)4-8(12)13-9(10)6(3)14-15;1-5(2)13-10-7(14)4-8(15)11-9(10)6(3)12-13;1-5(2,3)4/h4-5H,1-3H3;4-5H,1-3H3,(H2,11,14,15);. The molecular weight excluding hydrogens is 580 g/mol. The van der Waals surface area contributed by atoms with Gasteiger partial charge in [0.15, 0.2) is 0 Å². The van der Waals surface area contributed by atoms with Gasteiger partial charge in [0.05, 0.1) is 21.9 Å². The molecule has 0 aromatic carbocycles. The molecule has 4 rings (SSSR count). The Morgan fingerprint density at radius 1 is 0.943 bits per heavy atom. The summed E-state index contributed by atoms with van der Waals surface area (Å²) in [5.74, 6) is -0.0250. The van der Waals surface area contributed by atoms with Crippen LogP contribution in [0.4, 0.5) is 0 Å². The average Bonchev–Trinajstić information content (AvgIpc) is 3.19. The summed E-state index contributed by atoms with van der Waals surface area (Å²) < 4.78 is 13.1. The Morgan fingerprint density at radius 3 is 1.94 bits per heavy atom. The molecule has 0 bridgehead atoms. The van der Waals surface area contributed by atoms with E-state index in [2.05, 4.69) is 67.7 Å². The second-order valence-corrected chi connectivity index (χ2v) is 15.4. The Labute approximate surface area is 226 Å². The van der Waals surface area contributed by atoms with Crippen molar-refractivity contribution in [3.63, 3.8) is 0 Å². The molecule has 2 N–H and O–H groups in total. The number of H-pyrrole nitrogens is 1. The van der Waals surface area contributed by atoms with Gasteiger partial charge in [-0.1, -0.05) is 23.2 Å². The van der Waals surface area contributed by atoms with Crippen molar-refractivity contribution >= 4 is 84.2 Å². The van der Waals surface area contributed by atoms with Gasteiger partial charge in [-0.2, -0.15) is 10.2 Å². The van der Waals surface area contributed by atoms with E-state index in [1.165, 1.54) is 6.07 Å². The van der Waals surface area contributed by atoms with E-state index in [1.54, 1.807) is 17.7 Å². The highest BCUT2D eigenvalue weighted by atomic mass is 36.0. The van der Waals surface area contributed by atoms with Gasteiger partial charge in [0, 0.05) is 18.2 Å². The van der Waals surface area contributed by atoms with Crippen LogP contribution in [0.5, 0.6) is 5.75 Å². The lowest BCUT2D eigenvalue weighted by molar-refractivity contribution is 0.468. The number of aromatic amines is 1. The van der Waals surface area contributed by atoms with Crippen LogP contribution < -0.4 is 5.56 Å². The number of aromatic nitrogens is 6. The molecule has 0 aliphatic carbocycles. The summed E-state index contributed by atoms with van der Waals surface area (Å²) in [5.41, 5.74) is 4.08. The minimum atomic E-state index is -3.22. The van der Waals surface area contributed by atoms with E-state index in [1.807, 2.05) is 25.5 Å². The van der Waals surface area contributed by atoms with E-state index in [0.29, 0.717) is 26.9 Å². The fourth-order valence-electron chi connectivity index (χ4n) is 3.25. The minimum Gasteiger partial charge on any atom is -0.505 e. The number of aryl methyl sites for hydroxylation is 2. The van der Waals surface area contributed by atoms with Crippen molar-refractivity contribution in [2.45, 2.75) is 53.6 Å². The van der Waals surface area contributed by atoms with Gasteiger partial charge < -0.3 is 10.1 Å². The van der Waals surface area contributed by atoms with E-state index in [4.69, 9.17) is 23.2 Å². The zero-order chi connectivity index (χ0) is 26.8. The van der Waals surface area contributed by atoms with Gasteiger partial charge in [0.2, 0.25) is 0 Å². The Kier molecular flexibility index (Phi) is 9.96. The molecule has 0 radical (unpaired) electrons. The molecule has 9 nitrogen and oxygen atoms in total. The Bertz CT molecular complexity index is 1450. The van der Waals surface area contributed by atoms with Gasteiger partial charge in [-0.15, -0.1) is 0 Å². The van der Waals surface area contributed by atoms with Gasteiger partial charge in [-0.05, 0) is 81.3 Å². The van der Waals surface area contributed by atoms with Gasteiger partial charge in [0.25, 0.3) is 5.56 Å². The lowest BCUT2D eigenvalue weighted by Gasteiger charge is -2.07. The second kappa shape index (κ2) is 11.7. The van der Waals surface area contributed by atoms with Crippen molar-refractivity contribution in [3.05, 3.63) is 44.1 Å². The van der Waals surface area contributed by atoms with E-state index in [0.717, 1.165) is 16.7 Å². The highest BCUT2D eigenvalue weighted by Crippen LogP contribution is 2.61. The van der Waals surface area contributed by atoms with Crippen molar-refractivity contribution in [2.24, 2.45) is 0 Å². The predicted octanol–water partition coefficient (Wildman–Crippen LogP) is 7.76. The largest absolute Gasteiger partial charge is 0.505 e. The maximum Gasteiger partial charge on any atom is 0.339 e. The van der Waals surface area contributed by atoms with E-state index < -0.39 is 5.20 Å². The molecule has 0 atom stereocenters. The first-order chi connectivity index (χ1) is 16.0. The lowest BCUT2D eigenvalue weighted by Crippen LogP contribution is -2.06. The van der Waals surface area contributed by atoms with Crippen molar-refractivity contribution in [3.8, 4) is 5.75 Å². The molecule has 0 saturated carbocycles. The van der Waals surface area contributed by atoms with Crippen LogP contribution in [0.1, 0.15) is 51.2 Å². The number of hydrogen-bond acceptors (Lipinski definition) is 6. The normalized spacial score (nSPS) is 11.6. The second-order valence-electron chi connectivity index (χ2n) is 8.01. The van der Waals surface area contributed by atoms with Crippen LogP contribution in [0, 0.1) is 13.8 Å². The third-order valence-corrected chi connectivity index (χ3v) is 5.05. The molecule has 4 heterocycles. The SMILES string of the molecule is Cc1nn(C(C)C)c2c(Cl)cc(Cl)nc12.Cc1nn(C(C)C)c2c(O)cc(=O)[nH]c12.O=P(Cl)(Cl)Cl. The van der Waals surface area contributed by atoms with Crippen LogP contribution in [0.2, 0.25) is 10.2 Å². The third kappa shape index (κ3) is 7.75. The van der Waals surface area contributed by atoms with Crippen LogP contribution >= 0.6 is 62.1 Å². The molecule has 0 aliphatic heterocycles. The molecule has 192 valence electrons. The number of nitrogens with zero attached hydrogens (tertiary/aromatic N) is 5. The summed E-state index contributed by atoms with van der Waals surface area (Å²) in [6.45, 7) is 11.7. The minimum absolute atomic E-state index is 0.0250. The number of pyridine rings is 2. The molecule has 4 aromatic rings. The molecule has 0 unspecified atom stereocenters. The van der Waals surface area contributed by atoms with E-state index >= 15 is 0 Å². The number of rotatable bonds is 2. The van der Waals surface area contributed by atoms with Crippen molar-refractivity contribution < 1.29 is 9.67 Å². The van der Waals surface area contributed by atoms with Crippen LogP contribution in [-0.2, 0) is 4.57 Å². The summed E-state index contributed by atoms with van der Waals surface area (Å²) in [4.78, 5) is 18.1. The molecular formula is C20H24Cl5N6O3P. The van der Waals surface area contributed by atoms with Crippen molar-refractivity contribution in [2.75, 3.05) is 0 Å². The molecule has 15 heteroatoms. The Morgan fingerprint density at radius 2 is 1.43 bits per heavy atom. The fourth-order valence-corrected chi connectivity index (χ4v) is 3.78. The average molecular weight is 605 g/mol. The molecule has 35 heavy (non-hydrogen) atoms. The summed E-state index contributed by atoms with van der Waals surface area (Å²) in [6.07, 6.45) is 0. The molecule has 0 spiro atoms. The van der Waals surface area contributed by atoms with Crippen LogP contribution in [0.3, 0.4) is 0 Å². The highest BCUT2D eigenvalue weighted by Gasteiger charge is 2.16. The van der Waals surface area contributed by atoms with E-state index in [-0.39, 0.29) is 23.4 Å². The first kappa shape index (κ1) is 29.7. The van der Waals surface area contributed by atoms with Gasteiger partial charge in [0.1, 0.15) is 27.5 Å². The smallest absolute Gasteiger partial charge is 0.339 e. The van der Waals surface area contributed by atoms with Crippen LogP contribution in [0.15, 0.2) is 16.9 Å². The third-order valence-electron chi connectivity index (χ3n) is 4.57. The Balaban J connectivity index is 0.000000208. The fraction of sp³-hybridized carbons (Fsp3) is 0.400. The molecule has 0 aliphatic rings. The number of hydrogen-bond donors (Lipinski definition) is 2. The summed E-state index contributed by atoms with van der Waals surface area (Å²) in [6, 6.07) is 3.20. The quantitative estimate of drug-likeness (QED) is 0.178. The lowest BCUT2D eigenvalue weighted by atomic mass is 10.3. The number of fused-ring (bicyclic) bond motifs is 2. The topological polar surface area (TPSA) is 119 Å². The van der Waals surface area contributed by atoms with E-state index in [9.17, 15) is 14.5 Å². The molecule has 0 saturated heterocycles. The Hall–Kier alpha value is -1.48. The molecule has 0 fully saturated rings. The van der Waals surface area contributed by atoms with Crippen LogP contribution in [-0.4, -0.2) is 34.6 Å². The van der Waals surface area contributed by atoms with Crippen molar-refractivity contribution in [1.29, 1.82) is 0 Å². The highest BCUT2D eigenvalue weighted by molar-refractivity contribution is 8.24. The number of aromatic hydroxyl groups is 1. The summed E-state index contributed by atoms with van der Waals surface area (Å²) in [7, 11) is 0. The zero-order valence-corrected chi connectivity index (χ0v) is 24.3. The first-order valence-electron chi connectivity index (χ1n) is 10.2. The number of nitrogens with one attached hydrogen (secondary N) is 1. The summed E-state index contributed by atoms with van der Waals surface area (Å²) in [5, 5.41) is 16.2. The van der Waals surface area contributed by atoms with Gasteiger partial charge in [-0.25, -0.2) is 4.98 Å². The monoisotopic (exact) mass is 602 g/mol. The molecule has 0 amide bonds. The van der Waals surface area contributed by atoms with Gasteiger partial charge >= 0.3 is 5.20 Å². The summed E-state index contributed by atoms with van der Waals surface area (Å²) >= 11 is 25.8. The number of halogens is 5. The van der Waals surface area contributed by atoms with Crippen LogP contribution in [0.25, 0.3) is 22.1 Å². The first-order valence-corrected chi connectivity index (χ1v) is 15.4. The maximum absolute atomic E-state index is 11.2. The van der Waals surface area contributed by atoms with Crippen molar-refractivity contribution in [1.82, 2.24) is 29.5 Å².